The van der Waals surface area contributed by atoms with Crippen LogP contribution in [0.25, 0.3) is 0 Å². The predicted molar refractivity (Wildman–Crippen MR) is 81.2 cm³/mol. The SMILES string of the molecule is CC(C)(C(=O)c1ccc2c(c1)OCCO2)c1ccccc1. The minimum absolute atomic E-state index is 0.0747. The zero-order chi connectivity index (χ0) is 14.9. The number of fused-ring (bicyclic) bond motifs is 1. The Morgan fingerprint density at radius 1 is 0.952 bits per heavy atom. The normalized spacial score (nSPS) is 13.8. The van der Waals surface area contributed by atoms with Gasteiger partial charge in [0.05, 0.1) is 5.41 Å². The summed E-state index contributed by atoms with van der Waals surface area (Å²) in [6, 6.07) is 15.2. The van der Waals surface area contributed by atoms with Gasteiger partial charge in [0, 0.05) is 5.56 Å². The van der Waals surface area contributed by atoms with Crippen molar-refractivity contribution in [3.8, 4) is 11.5 Å². The third-order valence-corrected chi connectivity index (χ3v) is 3.87. The van der Waals surface area contributed by atoms with Gasteiger partial charge in [-0.1, -0.05) is 30.3 Å². The van der Waals surface area contributed by atoms with Gasteiger partial charge in [0.15, 0.2) is 17.3 Å². The van der Waals surface area contributed by atoms with E-state index in [0.29, 0.717) is 30.3 Å². The molecule has 0 N–H and O–H groups in total. The molecule has 0 saturated carbocycles. The molecule has 1 aliphatic rings. The second-order valence-electron chi connectivity index (χ2n) is 5.68. The van der Waals surface area contributed by atoms with Crippen molar-refractivity contribution >= 4 is 5.78 Å². The fraction of sp³-hybridized carbons (Fsp3) is 0.278. The molecule has 3 rings (SSSR count). The number of carbonyl (C=O) groups excluding carboxylic acids is 1. The summed E-state index contributed by atoms with van der Waals surface area (Å²) >= 11 is 0. The van der Waals surface area contributed by atoms with Crippen LogP contribution in [0.1, 0.15) is 29.8 Å². The first kappa shape index (κ1) is 13.7. The van der Waals surface area contributed by atoms with Gasteiger partial charge in [-0.05, 0) is 37.6 Å². The topological polar surface area (TPSA) is 35.5 Å². The zero-order valence-corrected chi connectivity index (χ0v) is 12.3. The molecule has 1 aliphatic heterocycles. The van der Waals surface area contributed by atoms with Gasteiger partial charge < -0.3 is 9.47 Å². The van der Waals surface area contributed by atoms with E-state index >= 15 is 0 Å². The van der Waals surface area contributed by atoms with Crippen molar-refractivity contribution in [2.24, 2.45) is 0 Å². The quantitative estimate of drug-likeness (QED) is 0.807. The second kappa shape index (κ2) is 5.24. The average Bonchev–Trinajstić information content (AvgIpc) is 2.54. The van der Waals surface area contributed by atoms with Crippen molar-refractivity contribution < 1.29 is 14.3 Å². The number of rotatable bonds is 3. The van der Waals surface area contributed by atoms with Crippen molar-refractivity contribution in [3.63, 3.8) is 0 Å². The summed E-state index contributed by atoms with van der Waals surface area (Å²) in [5.41, 5.74) is 1.07. The van der Waals surface area contributed by atoms with Crippen molar-refractivity contribution in [2.75, 3.05) is 13.2 Å². The van der Waals surface area contributed by atoms with Gasteiger partial charge in [0.2, 0.25) is 0 Å². The number of hydrogen-bond acceptors (Lipinski definition) is 3. The summed E-state index contributed by atoms with van der Waals surface area (Å²) < 4.78 is 11.0. The van der Waals surface area contributed by atoms with E-state index in [1.807, 2.05) is 50.2 Å². The third kappa shape index (κ3) is 2.51. The monoisotopic (exact) mass is 282 g/mol. The Morgan fingerprint density at radius 2 is 1.62 bits per heavy atom. The molecule has 0 radical (unpaired) electrons. The molecule has 3 nitrogen and oxygen atoms in total. The summed E-state index contributed by atoms with van der Waals surface area (Å²) in [7, 11) is 0. The third-order valence-electron chi connectivity index (χ3n) is 3.87. The van der Waals surface area contributed by atoms with E-state index in [2.05, 4.69) is 0 Å². The standard InChI is InChI=1S/C18H18O3/c1-18(2,14-6-4-3-5-7-14)17(19)13-8-9-15-16(12-13)21-11-10-20-15/h3-9,12H,10-11H2,1-2H3. The molecular formula is C18H18O3. The first-order chi connectivity index (χ1) is 10.1. The first-order valence-corrected chi connectivity index (χ1v) is 7.09. The van der Waals surface area contributed by atoms with Gasteiger partial charge in [-0.2, -0.15) is 0 Å². The lowest BCUT2D eigenvalue weighted by Crippen LogP contribution is -2.29. The molecule has 108 valence electrons. The summed E-state index contributed by atoms with van der Waals surface area (Å²) in [6.45, 7) is 4.96. The Kier molecular flexibility index (Phi) is 3.42. The lowest BCUT2D eigenvalue weighted by molar-refractivity contribution is 0.0907. The van der Waals surface area contributed by atoms with Crippen LogP contribution in [0.4, 0.5) is 0 Å². The molecule has 0 bridgehead atoms. The van der Waals surface area contributed by atoms with Gasteiger partial charge in [0.1, 0.15) is 13.2 Å². The highest BCUT2D eigenvalue weighted by Gasteiger charge is 2.31. The molecule has 0 spiro atoms. The lowest BCUT2D eigenvalue weighted by atomic mass is 9.78. The maximum absolute atomic E-state index is 12.9. The second-order valence-corrected chi connectivity index (χ2v) is 5.68. The maximum Gasteiger partial charge on any atom is 0.172 e. The fourth-order valence-electron chi connectivity index (χ4n) is 2.53. The highest BCUT2D eigenvalue weighted by molar-refractivity contribution is 6.04. The van der Waals surface area contributed by atoms with Gasteiger partial charge in [-0.3, -0.25) is 4.79 Å². The molecular weight excluding hydrogens is 264 g/mol. The van der Waals surface area contributed by atoms with Crippen molar-refractivity contribution in [1.29, 1.82) is 0 Å². The van der Waals surface area contributed by atoms with Crippen LogP contribution in [0.15, 0.2) is 48.5 Å². The van der Waals surface area contributed by atoms with Crippen molar-refractivity contribution in [3.05, 3.63) is 59.7 Å². The highest BCUT2D eigenvalue weighted by Crippen LogP contribution is 2.34. The van der Waals surface area contributed by atoms with Crippen molar-refractivity contribution in [2.45, 2.75) is 19.3 Å². The van der Waals surface area contributed by atoms with Crippen LogP contribution in [-0.4, -0.2) is 19.0 Å². The molecule has 1 heterocycles. The molecule has 0 amide bonds. The number of ketones is 1. The fourth-order valence-corrected chi connectivity index (χ4v) is 2.53. The number of benzene rings is 2. The van der Waals surface area contributed by atoms with Crippen LogP contribution in [0.5, 0.6) is 11.5 Å². The molecule has 0 atom stereocenters. The summed E-state index contributed by atoms with van der Waals surface area (Å²) in [5.74, 6) is 1.43. The van der Waals surface area contributed by atoms with Crippen molar-refractivity contribution in [1.82, 2.24) is 0 Å². The molecule has 0 saturated heterocycles. The first-order valence-electron chi connectivity index (χ1n) is 7.09. The predicted octanol–water partition coefficient (Wildman–Crippen LogP) is 3.62. The van der Waals surface area contributed by atoms with Gasteiger partial charge >= 0.3 is 0 Å². The largest absolute Gasteiger partial charge is 0.486 e. The van der Waals surface area contributed by atoms with Crippen LogP contribution in [0.2, 0.25) is 0 Å². The van der Waals surface area contributed by atoms with Gasteiger partial charge in [0.25, 0.3) is 0 Å². The number of carbonyl (C=O) groups is 1. The minimum atomic E-state index is -0.578. The number of ether oxygens (including phenoxy) is 2. The van der Waals surface area contributed by atoms with Gasteiger partial charge in [-0.15, -0.1) is 0 Å². The molecule has 2 aromatic rings. The lowest BCUT2D eigenvalue weighted by Gasteiger charge is -2.25. The maximum atomic E-state index is 12.9. The summed E-state index contributed by atoms with van der Waals surface area (Å²) in [4.78, 5) is 12.9. The minimum Gasteiger partial charge on any atom is -0.486 e. The summed E-state index contributed by atoms with van der Waals surface area (Å²) in [6.07, 6.45) is 0. The Labute approximate surface area is 124 Å². The highest BCUT2D eigenvalue weighted by atomic mass is 16.6. The van der Waals surface area contributed by atoms with Gasteiger partial charge in [-0.25, -0.2) is 0 Å². The van der Waals surface area contributed by atoms with E-state index in [0.717, 1.165) is 5.56 Å². The van der Waals surface area contributed by atoms with E-state index in [9.17, 15) is 4.79 Å². The molecule has 0 unspecified atom stereocenters. The van der Waals surface area contributed by atoms with E-state index < -0.39 is 5.41 Å². The zero-order valence-electron chi connectivity index (χ0n) is 12.3. The molecule has 2 aromatic carbocycles. The molecule has 0 fully saturated rings. The van der Waals surface area contributed by atoms with Crippen LogP contribution in [0.3, 0.4) is 0 Å². The molecule has 0 aliphatic carbocycles. The number of Topliss-reactive ketones (excluding diaryl/α,β-unsaturated/α-hetero) is 1. The Hall–Kier alpha value is -2.29. The molecule has 21 heavy (non-hydrogen) atoms. The van der Waals surface area contributed by atoms with E-state index in [-0.39, 0.29) is 5.78 Å². The van der Waals surface area contributed by atoms with Crippen LogP contribution in [0, 0.1) is 0 Å². The van der Waals surface area contributed by atoms with E-state index in [1.165, 1.54) is 0 Å². The smallest absolute Gasteiger partial charge is 0.172 e. The average molecular weight is 282 g/mol. The summed E-state index contributed by atoms with van der Waals surface area (Å²) in [5, 5.41) is 0. The Bertz CT molecular complexity index is 659. The van der Waals surface area contributed by atoms with Crippen LogP contribution < -0.4 is 9.47 Å². The van der Waals surface area contributed by atoms with E-state index in [4.69, 9.17) is 9.47 Å². The molecule has 3 heteroatoms. The Balaban J connectivity index is 1.95. The molecule has 0 aromatic heterocycles. The van der Waals surface area contributed by atoms with Crippen LogP contribution in [-0.2, 0) is 5.41 Å². The van der Waals surface area contributed by atoms with Crippen LogP contribution >= 0.6 is 0 Å². The van der Waals surface area contributed by atoms with E-state index in [1.54, 1.807) is 12.1 Å². The number of hydrogen-bond donors (Lipinski definition) is 0. The Morgan fingerprint density at radius 3 is 2.33 bits per heavy atom.